The maximum Gasteiger partial charge on any atom is 0.143 e. The molecule has 0 heterocycles. The molecule has 0 amide bonds. The third kappa shape index (κ3) is 4.11. The number of carbonyl (C=O) groups excluding carboxylic acids is 1. The van der Waals surface area contributed by atoms with Crippen LogP contribution in [0.25, 0.3) is 17.2 Å². The van der Waals surface area contributed by atoms with Crippen LogP contribution < -0.4 is 0 Å². The van der Waals surface area contributed by atoms with Gasteiger partial charge in [-0.3, -0.25) is 4.79 Å². The molecular formula is C23H26O. The van der Waals surface area contributed by atoms with Gasteiger partial charge >= 0.3 is 0 Å². The molecule has 2 aliphatic carbocycles. The van der Waals surface area contributed by atoms with Crippen LogP contribution in [0.15, 0.2) is 54.1 Å². The Kier molecular flexibility index (Phi) is 5.92. The summed E-state index contributed by atoms with van der Waals surface area (Å²) in [6.45, 7) is 10.7. The van der Waals surface area contributed by atoms with Gasteiger partial charge in [0.1, 0.15) is 6.29 Å². The minimum Gasteiger partial charge on any atom is -0.299 e. The minimum atomic E-state index is 0.523. The van der Waals surface area contributed by atoms with Crippen LogP contribution in [0.3, 0.4) is 0 Å². The normalized spacial score (nSPS) is 12.8. The van der Waals surface area contributed by atoms with Crippen molar-refractivity contribution >= 4 is 12.4 Å². The van der Waals surface area contributed by atoms with E-state index in [0.717, 1.165) is 11.9 Å². The molecule has 124 valence electrons. The Labute approximate surface area is 145 Å². The highest BCUT2D eigenvalue weighted by Crippen LogP contribution is 2.36. The molecule has 1 heteroatoms. The summed E-state index contributed by atoms with van der Waals surface area (Å²) in [5, 5.41) is 0. The number of aldehydes is 1. The minimum absolute atomic E-state index is 0.523. The van der Waals surface area contributed by atoms with Crippen LogP contribution >= 0.6 is 0 Å². The van der Waals surface area contributed by atoms with Crippen molar-refractivity contribution in [3.05, 3.63) is 76.4 Å². The third-order valence-electron chi connectivity index (χ3n) is 4.32. The van der Waals surface area contributed by atoms with Crippen LogP contribution in [0.5, 0.6) is 0 Å². The van der Waals surface area contributed by atoms with Gasteiger partial charge in [-0.25, -0.2) is 0 Å². The van der Waals surface area contributed by atoms with Crippen molar-refractivity contribution in [2.45, 2.75) is 40.5 Å². The number of hydrogen-bond acceptors (Lipinski definition) is 1. The van der Waals surface area contributed by atoms with Crippen LogP contribution in [0, 0.1) is 13.8 Å². The molecule has 2 aliphatic rings. The average Bonchev–Trinajstić information content (AvgIpc) is 2.71. The molecule has 0 saturated carbocycles. The smallest absolute Gasteiger partial charge is 0.143 e. The summed E-state index contributed by atoms with van der Waals surface area (Å²) in [5.74, 6) is 0.523. The second-order valence-electron chi connectivity index (χ2n) is 6.65. The molecule has 0 bridgehead atoms. The van der Waals surface area contributed by atoms with E-state index in [-0.39, 0.29) is 0 Å². The number of hydrogen-bond donors (Lipinski definition) is 0. The van der Waals surface area contributed by atoms with Crippen LogP contribution in [0.4, 0.5) is 0 Å². The monoisotopic (exact) mass is 318 g/mol. The molecule has 1 nitrogen and oxygen atoms in total. The topological polar surface area (TPSA) is 17.1 Å². The van der Waals surface area contributed by atoms with Crippen molar-refractivity contribution in [2.75, 3.05) is 0 Å². The summed E-state index contributed by atoms with van der Waals surface area (Å²) in [6, 6.07) is 9.03. The van der Waals surface area contributed by atoms with E-state index >= 15 is 0 Å². The number of carbonyl (C=O) groups is 1. The Hall–Kier alpha value is -2.41. The zero-order chi connectivity index (χ0) is 17.7. The molecule has 0 aromatic heterocycles. The highest BCUT2D eigenvalue weighted by Gasteiger charge is 2.14. The van der Waals surface area contributed by atoms with Crippen molar-refractivity contribution < 1.29 is 4.79 Å². The van der Waals surface area contributed by atoms with E-state index in [4.69, 9.17) is 0 Å². The van der Waals surface area contributed by atoms with Gasteiger partial charge in [0.05, 0.1) is 0 Å². The maximum atomic E-state index is 10.4. The van der Waals surface area contributed by atoms with Crippen molar-refractivity contribution in [3.8, 4) is 11.1 Å². The van der Waals surface area contributed by atoms with Crippen molar-refractivity contribution in [3.63, 3.8) is 0 Å². The number of fused-ring (bicyclic) bond motifs is 1. The van der Waals surface area contributed by atoms with Crippen LogP contribution in [-0.2, 0) is 4.79 Å². The van der Waals surface area contributed by atoms with Gasteiger partial charge in [0.15, 0.2) is 0 Å². The molecule has 0 spiro atoms. The van der Waals surface area contributed by atoms with Crippen LogP contribution in [-0.4, -0.2) is 6.29 Å². The van der Waals surface area contributed by atoms with E-state index < -0.39 is 0 Å². The number of aryl methyl sites for hydroxylation is 2. The fraction of sp³-hybridized carbons (Fsp3) is 0.261. The summed E-state index contributed by atoms with van der Waals surface area (Å²) in [6.07, 6.45) is 10.5. The Morgan fingerprint density at radius 2 is 1.79 bits per heavy atom. The Morgan fingerprint density at radius 1 is 1.04 bits per heavy atom. The first kappa shape index (κ1) is 17.9. The van der Waals surface area contributed by atoms with E-state index in [1.165, 1.54) is 33.4 Å². The first-order chi connectivity index (χ1) is 11.4. The summed E-state index contributed by atoms with van der Waals surface area (Å²) in [5.41, 5.74) is 8.82. The standard InChI is InChI=1S/C23H26O/c1-16(2)20-10-11-22-18(4)14-21(23(22)19(5)15-20)9-7-6-8-17(3)12-13-24/h6-16H,1-5H3/b8-6+,9-7+,17-12+. The molecule has 0 aliphatic heterocycles. The second kappa shape index (κ2) is 7.92. The zero-order valence-corrected chi connectivity index (χ0v) is 15.3. The number of rotatable bonds is 5. The van der Waals surface area contributed by atoms with Gasteiger partial charge in [-0.15, -0.1) is 0 Å². The van der Waals surface area contributed by atoms with E-state index in [9.17, 15) is 4.79 Å². The largest absolute Gasteiger partial charge is 0.299 e. The first-order valence-electron chi connectivity index (χ1n) is 8.44. The van der Waals surface area contributed by atoms with Crippen molar-refractivity contribution in [1.29, 1.82) is 0 Å². The summed E-state index contributed by atoms with van der Waals surface area (Å²) in [7, 11) is 0. The highest BCUT2D eigenvalue weighted by molar-refractivity contribution is 5.84. The first-order valence-corrected chi connectivity index (χ1v) is 8.44. The molecule has 24 heavy (non-hydrogen) atoms. The fourth-order valence-electron chi connectivity index (χ4n) is 2.96. The van der Waals surface area contributed by atoms with Crippen LogP contribution in [0.2, 0.25) is 0 Å². The van der Waals surface area contributed by atoms with Gasteiger partial charge in [-0.05, 0) is 71.7 Å². The maximum absolute atomic E-state index is 10.4. The van der Waals surface area contributed by atoms with Crippen molar-refractivity contribution in [1.82, 2.24) is 0 Å². The van der Waals surface area contributed by atoms with Gasteiger partial charge in [0, 0.05) is 0 Å². The molecule has 0 aromatic carbocycles. The van der Waals surface area contributed by atoms with Crippen LogP contribution in [0.1, 0.15) is 48.9 Å². The summed E-state index contributed by atoms with van der Waals surface area (Å²) < 4.78 is 0. The van der Waals surface area contributed by atoms with Gasteiger partial charge in [0.25, 0.3) is 0 Å². The Morgan fingerprint density at radius 3 is 2.46 bits per heavy atom. The quantitative estimate of drug-likeness (QED) is 0.362. The SMILES string of the molecule is CC(/C=C/C=C/c1cc(C)c2ccc(C(C)C)cc(C)c1-2)=C\C=O. The predicted octanol–water partition coefficient (Wildman–Crippen LogP) is 6.25. The lowest BCUT2D eigenvalue weighted by atomic mass is 10.0. The molecule has 0 unspecified atom stereocenters. The van der Waals surface area contributed by atoms with Crippen molar-refractivity contribution in [2.24, 2.45) is 0 Å². The second-order valence-corrected chi connectivity index (χ2v) is 6.65. The molecule has 0 saturated heterocycles. The third-order valence-corrected chi connectivity index (χ3v) is 4.32. The summed E-state index contributed by atoms with van der Waals surface area (Å²) >= 11 is 0. The highest BCUT2D eigenvalue weighted by atomic mass is 16.1. The van der Waals surface area contributed by atoms with E-state index in [0.29, 0.717) is 5.92 Å². The predicted molar refractivity (Wildman–Crippen MR) is 105 cm³/mol. The molecular weight excluding hydrogens is 292 g/mol. The zero-order valence-electron chi connectivity index (χ0n) is 15.3. The molecule has 0 fully saturated rings. The van der Waals surface area contributed by atoms with Gasteiger partial charge in [0.2, 0.25) is 0 Å². The van der Waals surface area contributed by atoms with E-state index in [1.54, 1.807) is 6.08 Å². The molecule has 0 radical (unpaired) electrons. The van der Waals surface area contributed by atoms with E-state index in [2.05, 4.69) is 58.0 Å². The molecule has 2 rings (SSSR count). The lowest BCUT2D eigenvalue weighted by Crippen LogP contribution is -1.84. The summed E-state index contributed by atoms with van der Waals surface area (Å²) in [4.78, 5) is 10.4. The average molecular weight is 318 g/mol. The lowest BCUT2D eigenvalue weighted by Gasteiger charge is -2.03. The van der Waals surface area contributed by atoms with E-state index in [1.807, 2.05) is 25.2 Å². The lowest BCUT2D eigenvalue weighted by molar-refractivity contribution is -0.104. The van der Waals surface area contributed by atoms with Gasteiger partial charge in [-0.1, -0.05) is 62.4 Å². The van der Waals surface area contributed by atoms with Gasteiger partial charge in [-0.2, -0.15) is 0 Å². The Bertz CT molecular complexity index is 788. The van der Waals surface area contributed by atoms with Gasteiger partial charge < -0.3 is 0 Å². The molecule has 0 atom stereocenters. The Balaban J connectivity index is 2.42. The fourth-order valence-corrected chi connectivity index (χ4v) is 2.96. The number of allylic oxidation sites excluding steroid dienone is 5. The molecule has 0 aromatic rings. The molecule has 0 N–H and O–H groups in total.